The van der Waals surface area contributed by atoms with Crippen LogP contribution in [0.4, 0.5) is 10.5 Å². The van der Waals surface area contributed by atoms with Crippen molar-refractivity contribution in [3.05, 3.63) is 28.2 Å². The fraction of sp³-hybridized carbons (Fsp3) is 0.333. The van der Waals surface area contributed by atoms with Crippen molar-refractivity contribution >= 4 is 33.6 Å². The Morgan fingerprint density at radius 1 is 1.28 bits per heavy atom. The van der Waals surface area contributed by atoms with Gasteiger partial charge in [-0.15, -0.1) is 0 Å². The fourth-order valence-corrected chi connectivity index (χ4v) is 1.82. The second kappa shape index (κ2) is 7.00. The Morgan fingerprint density at radius 2 is 2.00 bits per heavy atom. The molecule has 0 radical (unpaired) electrons. The number of carbonyl (C=O) groups excluding carboxylic acids is 2. The van der Waals surface area contributed by atoms with E-state index in [2.05, 4.69) is 31.9 Å². The van der Waals surface area contributed by atoms with Crippen molar-refractivity contribution in [3.63, 3.8) is 0 Å². The van der Waals surface area contributed by atoms with Gasteiger partial charge in [-0.05, 0) is 37.6 Å². The molecular formula is C12H16BrN3O2. The van der Waals surface area contributed by atoms with E-state index in [4.69, 9.17) is 0 Å². The van der Waals surface area contributed by atoms with E-state index in [1.165, 1.54) is 0 Å². The lowest BCUT2D eigenvalue weighted by Gasteiger charge is -2.09. The SMILES string of the molecule is CCNC(=O)NCC(=O)Nc1ccc(Br)cc1C. The van der Waals surface area contributed by atoms with Gasteiger partial charge in [-0.1, -0.05) is 15.9 Å². The van der Waals surface area contributed by atoms with Gasteiger partial charge in [0.05, 0.1) is 6.54 Å². The molecule has 1 aromatic carbocycles. The molecule has 0 fully saturated rings. The van der Waals surface area contributed by atoms with Gasteiger partial charge in [0.15, 0.2) is 0 Å². The quantitative estimate of drug-likeness (QED) is 0.796. The molecule has 0 aromatic heterocycles. The number of aryl methyl sites for hydroxylation is 1. The number of rotatable bonds is 4. The van der Waals surface area contributed by atoms with E-state index >= 15 is 0 Å². The second-order valence-electron chi connectivity index (χ2n) is 3.72. The van der Waals surface area contributed by atoms with E-state index in [1.807, 2.05) is 32.0 Å². The summed E-state index contributed by atoms with van der Waals surface area (Å²) in [5.41, 5.74) is 1.69. The molecule has 98 valence electrons. The Labute approximate surface area is 114 Å². The second-order valence-corrected chi connectivity index (χ2v) is 4.64. The average molecular weight is 314 g/mol. The Balaban J connectivity index is 2.47. The molecule has 1 rings (SSSR count). The number of nitrogens with one attached hydrogen (secondary N) is 3. The molecule has 0 spiro atoms. The Kier molecular flexibility index (Phi) is 5.64. The number of benzene rings is 1. The Morgan fingerprint density at radius 3 is 2.61 bits per heavy atom. The zero-order chi connectivity index (χ0) is 13.5. The van der Waals surface area contributed by atoms with Crippen molar-refractivity contribution in [3.8, 4) is 0 Å². The molecule has 0 saturated carbocycles. The van der Waals surface area contributed by atoms with Crippen LogP contribution in [-0.2, 0) is 4.79 Å². The number of amides is 3. The van der Waals surface area contributed by atoms with Gasteiger partial charge >= 0.3 is 6.03 Å². The number of hydrogen-bond acceptors (Lipinski definition) is 2. The summed E-state index contributed by atoms with van der Waals surface area (Å²) in [6.45, 7) is 4.18. The van der Waals surface area contributed by atoms with Gasteiger partial charge in [-0.2, -0.15) is 0 Å². The first-order valence-electron chi connectivity index (χ1n) is 5.60. The van der Waals surface area contributed by atoms with Crippen molar-refractivity contribution in [1.29, 1.82) is 0 Å². The van der Waals surface area contributed by atoms with Crippen molar-refractivity contribution in [2.24, 2.45) is 0 Å². The molecule has 18 heavy (non-hydrogen) atoms. The topological polar surface area (TPSA) is 70.2 Å². The lowest BCUT2D eigenvalue weighted by atomic mass is 10.2. The Hall–Kier alpha value is -1.56. The molecule has 0 heterocycles. The first-order valence-corrected chi connectivity index (χ1v) is 6.40. The number of hydrogen-bond donors (Lipinski definition) is 3. The molecule has 0 aliphatic heterocycles. The van der Waals surface area contributed by atoms with Gasteiger partial charge in [0.25, 0.3) is 0 Å². The highest BCUT2D eigenvalue weighted by Crippen LogP contribution is 2.19. The van der Waals surface area contributed by atoms with Gasteiger partial charge in [-0.25, -0.2) is 4.79 Å². The summed E-state index contributed by atoms with van der Waals surface area (Å²) in [5, 5.41) is 7.74. The molecular weight excluding hydrogens is 298 g/mol. The largest absolute Gasteiger partial charge is 0.338 e. The Bertz CT molecular complexity index is 449. The van der Waals surface area contributed by atoms with E-state index in [0.717, 1.165) is 15.7 Å². The summed E-state index contributed by atoms with van der Waals surface area (Å²) >= 11 is 3.35. The smallest absolute Gasteiger partial charge is 0.315 e. The van der Waals surface area contributed by atoms with Crippen LogP contribution in [0.1, 0.15) is 12.5 Å². The predicted molar refractivity (Wildman–Crippen MR) is 74.6 cm³/mol. The summed E-state index contributed by atoms with van der Waals surface area (Å²) in [6.07, 6.45) is 0. The van der Waals surface area contributed by atoms with Gasteiger partial charge in [0.2, 0.25) is 5.91 Å². The van der Waals surface area contributed by atoms with Crippen LogP contribution in [0.2, 0.25) is 0 Å². The molecule has 0 aliphatic rings. The maximum Gasteiger partial charge on any atom is 0.315 e. The molecule has 1 aromatic rings. The summed E-state index contributed by atoms with van der Waals surface area (Å²) in [7, 11) is 0. The van der Waals surface area contributed by atoms with Gasteiger partial charge < -0.3 is 16.0 Å². The third-order valence-electron chi connectivity index (χ3n) is 2.21. The third kappa shape index (κ3) is 4.75. The molecule has 0 unspecified atom stereocenters. The minimum atomic E-state index is -0.347. The third-order valence-corrected chi connectivity index (χ3v) is 2.70. The standard InChI is InChI=1S/C12H16BrN3O2/c1-3-14-12(18)15-7-11(17)16-10-5-4-9(13)6-8(10)2/h4-6H,3,7H2,1-2H3,(H,16,17)(H2,14,15,18). The molecule has 0 bridgehead atoms. The summed E-state index contributed by atoms with van der Waals surface area (Å²) in [5.74, 6) is -0.258. The van der Waals surface area contributed by atoms with Gasteiger partial charge in [0, 0.05) is 16.7 Å². The van der Waals surface area contributed by atoms with Crippen molar-refractivity contribution in [2.45, 2.75) is 13.8 Å². The van der Waals surface area contributed by atoms with E-state index < -0.39 is 0 Å². The average Bonchev–Trinajstić information content (AvgIpc) is 2.31. The molecule has 3 N–H and O–H groups in total. The number of anilines is 1. The van der Waals surface area contributed by atoms with Crippen LogP contribution in [-0.4, -0.2) is 25.0 Å². The zero-order valence-electron chi connectivity index (χ0n) is 10.3. The highest BCUT2D eigenvalue weighted by Gasteiger charge is 2.06. The van der Waals surface area contributed by atoms with E-state index in [1.54, 1.807) is 0 Å². The first-order chi connectivity index (χ1) is 8.52. The zero-order valence-corrected chi connectivity index (χ0v) is 11.9. The number of carbonyl (C=O) groups is 2. The van der Waals surface area contributed by atoms with Crippen molar-refractivity contribution < 1.29 is 9.59 Å². The van der Waals surface area contributed by atoms with Crippen LogP contribution in [0.3, 0.4) is 0 Å². The first kappa shape index (κ1) is 14.5. The molecule has 3 amide bonds. The highest BCUT2D eigenvalue weighted by molar-refractivity contribution is 9.10. The van der Waals surface area contributed by atoms with E-state index in [-0.39, 0.29) is 18.5 Å². The van der Waals surface area contributed by atoms with Gasteiger partial charge in [0.1, 0.15) is 0 Å². The van der Waals surface area contributed by atoms with Crippen LogP contribution in [0, 0.1) is 6.92 Å². The van der Waals surface area contributed by atoms with Crippen LogP contribution in [0.25, 0.3) is 0 Å². The van der Waals surface area contributed by atoms with Crippen molar-refractivity contribution in [2.75, 3.05) is 18.4 Å². The van der Waals surface area contributed by atoms with E-state index in [9.17, 15) is 9.59 Å². The van der Waals surface area contributed by atoms with Crippen LogP contribution < -0.4 is 16.0 Å². The minimum absolute atomic E-state index is 0.0542. The van der Waals surface area contributed by atoms with Crippen LogP contribution in [0.15, 0.2) is 22.7 Å². The number of urea groups is 1. The molecule has 5 nitrogen and oxygen atoms in total. The molecule has 0 atom stereocenters. The summed E-state index contributed by atoms with van der Waals surface area (Å²) < 4.78 is 0.957. The van der Waals surface area contributed by atoms with Crippen molar-refractivity contribution in [1.82, 2.24) is 10.6 Å². The lowest BCUT2D eigenvalue weighted by molar-refractivity contribution is -0.115. The molecule has 6 heteroatoms. The minimum Gasteiger partial charge on any atom is -0.338 e. The monoisotopic (exact) mass is 313 g/mol. The maximum absolute atomic E-state index is 11.6. The lowest BCUT2D eigenvalue weighted by Crippen LogP contribution is -2.39. The summed E-state index contributed by atoms with van der Waals surface area (Å²) in [4.78, 5) is 22.7. The summed E-state index contributed by atoms with van der Waals surface area (Å²) in [6, 6.07) is 5.22. The number of halogens is 1. The molecule has 0 saturated heterocycles. The van der Waals surface area contributed by atoms with Gasteiger partial charge in [-0.3, -0.25) is 4.79 Å². The normalized spacial score (nSPS) is 9.72. The van der Waals surface area contributed by atoms with E-state index in [0.29, 0.717) is 6.54 Å². The van der Waals surface area contributed by atoms with Crippen LogP contribution in [0.5, 0.6) is 0 Å². The molecule has 0 aliphatic carbocycles. The maximum atomic E-state index is 11.6. The van der Waals surface area contributed by atoms with Crippen LogP contribution >= 0.6 is 15.9 Å². The fourth-order valence-electron chi connectivity index (χ4n) is 1.35. The highest BCUT2D eigenvalue weighted by atomic mass is 79.9. The predicted octanol–water partition coefficient (Wildman–Crippen LogP) is 2.02.